The van der Waals surface area contributed by atoms with E-state index < -0.39 is 12.0 Å². The van der Waals surface area contributed by atoms with Crippen LogP contribution in [0.1, 0.15) is 34.8 Å². The molecule has 2 amide bonds. The molecule has 0 spiro atoms. The maximum Gasteiger partial charge on any atom is 0.265 e. The lowest BCUT2D eigenvalue weighted by molar-refractivity contribution is -0.122. The smallest absolute Gasteiger partial charge is 0.265 e. The SMILES string of the molecule is CCC(Oc1ccc(Cl)c(C)c1)C(=O)Nc1cccc(C(N)=O)c1C. The van der Waals surface area contributed by atoms with Crippen LogP contribution in [0.2, 0.25) is 5.02 Å². The summed E-state index contributed by atoms with van der Waals surface area (Å²) < 4.78 is 5.79. The molecule has 5 nitrogen and oxygen atoms in total. The molecule has 132 valence electrons. The zero-order valence-electron chi connectivity index (χ0n) is 14.4. The normalized spacial score (nSPS) is 11.7. The van der Waals surface area contributed by atoms with Crippen LogP contribution in [0.3, 0.4) is 0 Å². The molecule has 0 aliphatic rings. The van der Waals surface area contributed by atoms with Crippen molar-refractivity contribution < 1.29 is 14.3 Å². The van der Waals surface area contributed by atoms with Crippen LogP contribution in [-0.4, -0.2) is 17.9 Å². The third kappa shape index (κ3) is 4.51. The Hall–Kier alpha value is -2.53. The van der Waals surface area contributed by atoms with Crippen molar-refractivity contribution in [3.8, 4) is 5.75 Å². The number of carbonyl (C=O) groups excluding carboxylic acids is 2. The number of rotatable bonds is 6. The summed E-state index contributed by atoms with van der Waals surface area (Å²) in [7, 11) is 0. The van der Waals surface area contributed by atoms with Crippen LogP contribution in [-0.2, 0) is 4.79 Å². The maximum absolute atomic E-state index is 12.6. The number of carbonyl (C=O) groups is 2. The van der Waals surface area contributed by atoms with Gasteiger partial charge in [0.05, 0.1) is 0 Å². The Bertz CT molecular complexity index is 805. The molecule has 2 rings (SSSR count). The van der Waals surface area contributed by atoms with Crippen molar-refractivity contribution in [1.82, 2.24) is 0 Å². The quantitative estimate of drug-likeness (QED) is 0.820. The highest BCUT2D eigenvalue weighted by Gasteiger charge is 2.20. The number of hydrogen-bond acceptors (Lipinski definition) is 3. The zero-order valence-corrected chi connectivity index (χ0v) is 15.2. The van der Waals surface area contributed by atoms with E-state index in [1.807, 2.05) is 13.8 Å². The lowest BCUT2D eigenvalue weighted by Crippen LogP contribution is -2.32. The monoisotopic (exact) mass is 360 g/mol. The third-order valence-corrected chi connectivity index (χ3v) is 4.35. The number of halogens is 1. The van der Waals surface area contributed by atoms with Crippen molar-refractivity contribution in [2.45, 2.75) is 33.3 Å². The Morgan fingerprint density at radius 1 is 1.24 bits per heavy atom. The van der Waals surface area contributed by atoms with E-state index in [2.05, 4.69) is 5.32 Å². The molecule has 0 saturated carbocycles. The van der Waals surface area contributed by atoms with E-state index in [1.165, 1.54) is 0 Å². The van der Waals surface area contributed by atoms with Gasteiger partial charge in [-0.3, -0.25) is 9.59 Å². The molecule has 1 atom stereocenters. The molecule has 0 heterocycles. The molecule has 1 unspecified atom stereocenters. The predicted molar refractivity (Wildman–Crippen MR) is 99.2 cm³/mol. The van der Waals surface area contributed by atoms with E-state index in [-0.39, 0.29) is 5.91 Å². The Balaban J connectivity index is 2.16. The second-order valence-corrected chi connectivity index (χ2v) is 6.16. The summed E-state index contributed by atoms with van der Waals surface area (Å²) >= 11 is 6.01. The van der Waals surface area contributed by atoms with Gasteiger partial charge in [-0.1, -0.05) is 24.6 Å². The first-order valence-electron chi connectivity index (χ1n) is 7.96. The minimum atomic E-state index is -0.669. The molecular weight excluding hydrogens is 340 g/mol. The first-order chi connectivity index (χ1) is 11.8. The van der Waals surface area contributed by atoms with Gasteiger partial charge in [-0.2, -0.15) is 0 Å². The van der Waals surface area contributed by atoms with E-state index in [1.54, 1.807) is 43.3 Å². The van der Waals surface area contributed by atoms with Crippen LogP contribution in [0.15, 0.2) is 36.4 Å². The average molecular weight is 361 g/mol. The third-order valence-electron chi connectivity index (χ3n) is 3.93. The Morgan fingerprint density at radius 2 is 1.96 bits per heavy atom. The van der Waals surface area contributed by atoms with Crippen LogP contribution >= 0.6 is 11.6 Å². The van der Waals surface area contributed by atoms with Crippen molar-refractivity contribution in [2.75, 3.05) is 5.32 Å². The number of nitrogens with one attached hydrogen (secondary N) is 1. The molecule has 0 bridgehead atoms. The zero-order chi connectivity index (χ0) is 18.6. The van der Waals surface area contributed by atoms with Crippen molar-refractivity contribution in [1.29, 1.82) is 0 Å². The Kier molecular flexibility index (Phi) is 6.04. The topological polar surface area (TPSA) is 81.4 Å². The lowest BCUT2D eigenvalue weighted by Gasteiger charge is -2.19. The van der Waals surface area contributed by atoms with Gasteiger partial charge in [-0.05, 0) is 61.7 Å². The largest absolute Gasteiger partial charge is 0.481 e. The van der Waals surface area contributed by atoms with Crippen LogP contribution in [0.25, 0.3) is 0 Å². The van der Waals surface area contributed by atoms with E-state index in [0.717, 1.165) is 5.56 Å². The fourth-order valence-corrected chi connectivity index (χ4v) is 2.55. The average Bonchev–Trinajstić information content (AvgIpc) is 2.57. The Labute approximate surface area is 152 Å². The van der Waals surface area contributed by atoms with Crippen molar-refractivity contribution >= 4 is 29.1 Å². The molecule has 0 aliphatic carbocycles. The molecule has 6 heteroatoms. The minimum Gasteiger partial charge on any atom is -0.481 e. The van der Waals surface area contributed by atoms with Crippen LogP contribution < -0.4 is 15.8 Å². The standard InChI is InChI=1S/C19H21ClN2O3/c1-4-17(25-13-8-9-15(20)11(2)10-13)19(24)22-16-7-5-6-14(12(16)3)18(21)23/h5-10,17H,4H2,1-3H3,(H2,21,23)(H,22,24). The van der Waals surface area contributed by atoms with Gasteiger partial charge in [0.2, 0.25) is 5.91 Å². The van der Waals surface area contributed by atoms with Crippen LogP contribution in [0.4, 0.5) is 5.69 Å². The van der Waals surface area contributed by atoms with Gasteiger partial charge in [-0.25, -0.2) is 0 Å². The predicted octanol–water partition coefficient (Wildman–Crippen LogP) is 3.85. The van der Waals surface area contributed by atoms with E-state index in [4.69, 9.17) is 22.1 Å². The van der Waals surface area contributed by atoms with Gasteiger partial charge in [0.25, 0.3) is 5.91 Å². The maximum atomic E-state index is 12.6. The number of ether oxygens (including phenoxy) is 1. The fourth-order valence-electron chi connectivity index (χ4n) is 2.43. The summed E-state index contributed by atoms with van der Waals surface area (Å²) in [5.41, 5.74) is 7.75. The second kappa shape index (κ2) is 8.03. The molecule has 2 aromatic carbocycles. The lowest BCUT2D eigenvalue weighted by atomic mass is 10.1. The molecule has 0 fully saturated rings. The number of nitrogens with two attached hydrogens (primary N) is 1. The van der Waals surface area contributed by atoms with Crippen LogP contribution in [0.5, 0.6) is 5.75 Å². The first kappa shape index (κ1) is 18.8. The van der Waals surface area contributed by atoms with E-state index in [9.17, 15) is 9.59 Å². The van der Waals surface area contributed by atoms with Gasteiger partial charge in [0.1, 0.15) is 5.75 Å². The Morgan fingerprint density at radius 3 is 2.56 bits per heavy atom. The second-order valence-electron chi connectivity index (χ2n) is 5.76. The van der Waals surface area contributed by atoms with Crippen molar-refractivity contribution in [2.24, 2.45) is 5.73 Å². The molecular formula is C19H21ClN2O3. The van der Waals surface area contributed by atoms with Crippen LogP contribution in [0, 0.1) is 13.8 Å². The highest BCUT2D eigenvalue weighted by Crippen LogP contribution is 2.23. The minimum absolute atomic E-state index is 0.292. The summed E-state index contributed by atoms with van der Waals surface area (Å²) in [6, 6.07) is 10.3. The van der Waals surface area contributed by atoms with Gasteiger partial charge in [-0.15, -0.1) is 0 Å². The summed E-state index contributed by atoms with van der Waals surface area (Å²) in [4.78, 5) is 24.0. The summed E-state index contributed by atoms with van der Waals surface area (Å²) in [6.07, 6.45) is -0.181. The summed E-state index contributed by atoms with van der Waals surface area (Å²) in [5, 5.41) is 3.45. The summed E-state index contributed by atoms with van der Waals surface area (Å²) in [6.45, 7) is 5.47. The fraction of sp³-hybridized carbons (Fsp3) is 0.263. The van der Waals surface area contributed by atoms with E-state index in [0.29, 0.717) is 34.0 Å². The number of anilines is 1. The molecule has 0 aromatic heterocycles. The van der Waals surface area contributed by atoms with Gasteiger partial charge in [0.15, 0.2) is 6.10 Å². The number of primary amides is 1. The number of benzene rings is 2. The van der Waals surface area contributed by atoms with Gasteiger partial charge in [0, 0.05) is 16.3 Å². The number of aryl methyl sites for hydroxylation is 1. The molecule has 25 heavy (non-hydrogen) atoms. The number of hydrogen-bond donors (Lipinski definition) is 2. The highest BCUT2D eigenvalue weighted by atomic mass is 35.5. The van der Waals surface area contributed by atoms with Gasteiger partial charge >= 0.3 is 0 Å². The van der Waals surface area contributed by atoms with Crippen molar-refractivity contribution in [3.05, 3.63) is 58.1 Å². The highest BCUT2D eigenvalue weighted by molar-refractivity contribution is 6.31. The molecule has 2 aromatic rings. The summed E-state index contributed by atoms with van der Waals surface area (Å²) in [5.74, 6) is -0.250. The van der Waals surface area contributed by atoms with Crippen molar-refractivity contribution in [3.63, 3.8) is 0 Å². The molecule has 0 aliphatic heterocycles. The molecule has 3 N–H and O–H groups in total. The molecule has 0 radical (unpaired) electrons. The first-order valence-corrected chi connectivity index (χ1v) is 8.34. The van der Waals surface area contributed by atoms with E-state index >= 15 is 0 Å². The molecule has 0 saturated heterocycles. The number of amides is 2. The van der Waals surface area contributed by atoms with Gasteiger partial charge < -0.3 is 15.8 Å².